The number of nitrogens with zero attached hydrogens (tertiary/aromatic N) is 3. The van der Waals surface area contributed by atoms with E-state index in [-0.39, 0.29) is 0 Å². The van der Waals surface area contributed by atoms with Crippen molar-refractivity contribution in [3.63, 3.8) is 0 Å². The molecule has 0 saturated carbocycles. The number of nitrogens with two attached hydrogens (primary N) is 1. The summed E-state index contributed by atoms with van der Waals surface area (Å²) in [6, 6.07) is 8.54. The van der Waals surface area contributed by atoms with Gasteiger partial charge in [0, 0.05) is 24.6 Å². The summed E-state index contributed by atoms with van der Waals surface area (Å²) in [7, 11) is 2.06. The Labute approximate surface area is 111 Å². The zero-order valence-corrected chi connectivity index (χ0v) is 11.4. The van der Waals surface area contributed by atoms with Gasteiger partial charge in [-0.25, -0.2) is 5.84 Å². The average Bonchev–Trinajstić information content (AvgIpc) is 2.79. The van der Waals surface area contributed by atoms with Crippen LogP contribution in [0, 0.1) is 6.92 Å². The lowest BCUT2D eigenvalue weighted by molar-refractivity contribution is 0.315. The summed E-state index contributed by atoms with van der Waals surface area (Å²) in [4.78, 5) is 2.18. The fraction of sp³-hybridized carbons (Fsp3) is 0.333. The number of anilines is 1. The SMILES string of the molecule is Cc1ccc(CN(C)Cc2nnsc2NN)cc1. The van der Waals surface area contributed by atoms with E-state index in [2.05, 4.69) is 58.1 Å². The van der Waals surface area contributed by atoms with Crippen LogP contribution in [0.15, 0.2) is 24.3 Å². The van der Waals surface area contributed by atoms with E-state index in [1.165, 1.54) is 22.7 Å². The molecule has 0 fully saturated rings. The van der Waals surface area contributed by atoms with Crippen molar-refractivity contribution in [2.75, 3.05) is 12.5 Å². The number of hydrogen-bond donors (Lipinski definition) is 2. The first-order chi connectivity index (χ1) is 8.69. The third-order valence-corrected chi connectivity index (χ3v) is 3.38. The van der Waals surface area contributed by atoms with E-state index in [4.69, 9.17) is 5.84 Å². The molecule has 6 heteroatoms. The van der Waals surface area contributed by atoms with Crippen molar-refractivity contribution in [1.29, 1.82) is 0 Å². The van der Waals surface area contributed by atoms with Gasteiger partial charge in [0.1, 0.15) is 10.7 Å². The summed E-state index contributed by atoms with van der Waals surface area (Å²) in [5.41, 5.74) is 6.07. The van der Waals surface area contributed by atoms with Crippen LogP contribution in [0.2, 0.25) is 0 Å². The van der Waals surface area contributed by atoms with Crippen molar-refractivity contribution in [3.8, 4) is 0 Å². The van der Waals surface area contributed by atoms with Crippen LogP contribution in [-0.4, -0.2) is 21.5 Å². The molecule has 0 aliphatic heterocycles. The molecule has 0 aliphatic carbocycles. The molecule has 0 bridgehead atoms. The molecule has 0 unspecified atom stereocenters. The van der Waals surface area contributed by atoms with Gasteiger partial charge in [-0.05, 0) is 19.5 Å². The van der Waals surface area contributed by atoms with Gasteiger partial charge >= 0.3 is 0 Å². The molecule has 2 aromatic rings. The predicted octanol–water partition coefficient (Wildman–Crippen LogP) is 1.76. The third kappa shape index (κ3) is 3.25. The fourth-order valence-corrected chi connectivity index (χ4v) is 2.22. The summed E-state index contributed by atoms with van der Waals surface area (Å²) < 4.78 is 3.89. The maximum atomic E-state index is 5.40. The molecule has 5 nitrogen and oxygen atoms in total. The summed E-state index contributed by atoms with van der Waals surface area (Å²) in [6.45, 7) is 3.69. The Hall–Kier alpha value is -1.50. The second-order valence-corrected chi connectivity index (χ2v) is 5.11. The van der Waals surface area contributed by atoms with E-state index in [0.717, 1.165) is 23.8 Å². The number of nitrogens with one attached hydrogen (secondary N) is 1. The first-order valence-electron chi connectivity index (χ1n) is 5.71. The van der Waals surface area contributed by atoms with Gasteiger partial charge in [-0.15, -0.1) is 5.10 Å². The summed E-state index contributed by atoms with van der Waals surface area (Å²) in [5, 5.41) is 4.89. The van der Waals surface area contributed by atoms with Crippen LogP contribution in [0.3, 0.4) is 0 Å². The number of hydrogen-bond acceptors (Lipinski definition) is 6. The molecular weight excluding hydrogens is 246 g/mol. The Morgan fingerprint density at radius 3 is 2.67 bits per heavy atom. The van der Waals surface area contributed by atoms with Crippen LogP contribution in [0.25, 0.3) is 0 Å². The van der Waals surface area contributed by atoms with E-state index in [1.807, 2.05) is 0 Å². The number of rotatable bonds is 5. The van der Waals surface area contributed by atoms with E-state index in [0.29, 0.717) is 0 Å². The Bertz CT molecular complexity index is 493. The minimum atomic E-state index is 0.726. The molecule has 0 amide bonds. The van der Waals surface area contributed by atoms with E-state index in [9.17, 15) is 0 Å². The second kappa shape index (κ2) is 5.90. The molecule has 0 spiro atoms. The maximum absolute atomic E-state index is 5.40. The first kappa shape index (κ1) is 12.9. The van der Waals surface area contributed by atoms with Crippen molar-refractivity contribution >= 4 is 16.5 Å². The first-order valence-corrected chi connectivity index (χ1v) is 6.48. The Morgan fingerprint density at radius 1 is 1.28 bits per heavy atom. The van der Waals surface area contributed by atoms with E-state index >= 15 is 0 Å². The Balaban J connectivity index is 1.96. The van der Waals surface area contributed by atoms with Crippen LogP contribution >= 0.6 is 11.5 Å². The predicted molar refractivity (Wildman–Crippen MR) is 74.1 cm³/mol. The van der Waals surface area contributed by atoms with Gasteiger partial charge in [-0.2, -0.15) is 0 Å². The fourth-order valence-electron chi connectivity index (χ4n) is 1.74. The van der Waals surface area contributed by atoms with Gasteiger partial charge in [-0.3, -0.25) is 4.90 Å². The van der Waals surface area contributed by atoms with Gasteiger partial charge < -0.3 is 5.43 Å². The maximum Gasteiger partial charge on any atom is 0.148 e. The van der Waals surface area contributed by atoms with Crippen molar-refractivity contribution < 1.29 is 0 Å². The highest BCUT2D eigenvalue weighted by Crippen LogP contribution is 2.18. The zero-order valence-electron chi connectivity index (χ0n) is 10.6. The van der Waals surface area contributed by atoms with Crippen molar-refractivity contribution in [2.45, 2.75) is 20.0 Å². The van der Waals surface area contributed by atoms with Gasteiger partial charge in [0.05, 0.1) is 0 Å². The van der Waals surface area contributed by atoms with Crippen LogP contribution in [0.4, 0.5) is 5.00 Å². The Kier molecular flexibility index (Phi) is 4.24. The smallest absolute Gasteiger partial charge is 0.148 e. The number of aryl methyl sites for hydroxylation is 1. The van der Waals surface area contributed by atoms with Crippen molar-refractivity contribution in [3.05, 3.63) is 41.1 Å². The van der Waals surface area contributed by atoms with Crippen LogP contribution in [0.5, 0.6) is 0 Å². The van der Waals surface area contributed by atoms with Crippen molar-refractivity contribution in [2.24, 2.45) is 5.84 Å². The summed E-state index contributed by atoms with van der Waals surface area (Å²) in [6.07, 6.45) is 0. The molecule has 18 heavy (non-hydrogen) atoms. The molecule has 1 heterocycles. The molecule has 1 aromatic carbocycles. The van der Waals surface area contributed by atoms with E-state index in [1.54, 1.807) is 0 Å². The van der Waals surface area contributed by atoms with Crippen molar-refractivity contribution in [1.82, 2.24) is 14.5 Å². The number of nitrogen functional groups attached to an aromatic ring is 1. The largest absolute Gasteiger partial charge is 0.313 e. The van der Waals surface area contributed by atoms with Gasteiger partial charge in [0.2, 0.25) is 0 Å². The highest BCUT2D eigenvalue weighted by atomic mass is 32.1. The van der Waals surface area contributed by atoms with Crippen LogP contribution in [-0.2, 0) is 13.1 Å². The molecule has 0 atom stereocenters. The average molecular weight is 263 g/mol. The minimum absolute atomic E-state index is 0.726. The standard InChI is InChI=1S/C12H17N5S/c1-9-3-5-10(6-4-9)7-17(2)8-11-12(14-13)18-16-15-11/h3-6,14H,7-8,13H2,1-2H3. The van der Waals surface area contributed by atoms with Gasteiger partial charge in [0.25, 0.3) is 0 Å². The van der Waals surface area contributed by atoms with E-state index < -0.39 is 0 Å². The molecule has 0 radical (unpaired) electrons. The summed E-state index contributed by atoms with van der Waals surface area (Å²) >= 11 is 1.28. The lowest BCUT2D eigenvalue weighted by atomic mass is 10.1. The Morgan fingerprint density at radius 2 is 2.00 bits per heavy atom. The highest BCUT2D eigenvalue weighted by molar-refractivity contribution is 7.10. The van der Waals surface area contributed by atoms with Gasteiger partial charge in [0.15, 0.2) is 0 Å². The van der Waals surface area contributed by atoms with Crippen LogP contribution < -0.4 is 11.3 Å². The van der Waals surface area contributed by atoms with Gasteiger partial charge in [-0.1, -0.05) is 34.3 Å². The van der Waals surface area contributed by atoms with Crippen LogP contribution in [0.1, 0.15) is 16.8 Å². The normalized spacial score (nSPS) is 10.9. The molecule has 96 valence electrons. The highest BCUT2D eigenvalue weighted by Gasteiger charge is 2.09. The summed E-state index contributed by atoms with van der Waals surface area (Å²) in [5.74, 6) is 5.40. The zero-order chi connectivity index (χ0) is 13.0. The quantitative estimate of drug-likeness (QED) is 0.635. The second-order valence-electron chi connectivity index (χ2n) is 4.35. The molecule has 0 aliphatic rings. The molecule has 1 aromatic heterocycles. The lowest BCUT2D eigenvalue weighted by Gasteiger charge is -2.15. The molecule has 3 N–H and O–H groups in total. The number of aromatic nitrogens is 2. The lowest BCUT2D eigenvalue weighted by Crippen LogP contribution is -2.19. The molecular formula is C12H17N5S. The monoisotopic (exact) mass is 263 g/mol. The molecule has 0 saturated heterocycles. The molecule has 2 rings (SSSR count). The number of hydrazine groups is 1. The topological polar surface area (TPSA) is 67.1 Å². The third-order valence-electron chi connectivity index (χ3n) is 2.68. The minimum Gasteiger partial charge on any atom is -0.313 e. The number of benzene rings is 1.